The first-order chi connectivity index (χ1) is 13.9. The van der Waals surface area contributed by atoms with E-state index in [4.69, 9.17) is 28.3 Å². The van der Waals surface area contributed by atoms with Crippen LogP contribution in [-0.2, 0) is 4.79 Å². The second kappa shape index (κ2) is 12.6. The molecule has 0 bridgehead atoms. The molecule has 0 amide bonds. The Morgan fingerprint density at radius 2 is 1.86 bits per heavy atom. The van der Waals surface area contributed by atoms with Gasteiger partial charge in [-0.3, -0.25) is 4.79 Å². The minimum atomic E-state index is -0.751. The van der Waals surface area contributed by atoms with Crippen LogP contribution < -0.4 is 0 Å². The number of aliphatic hydroxyl groups is 1. The Labute approximate surface area is 185 Å². The summed E-state index contributed by atoms with van der Waals surface area (Å²) in [7, 11) is 0. The number of rotatable bonds is 12. The van der Waals surface area contributed by atoms with E-state index in [1.807, 2.05) is 12.1 Å². The van der Waals surface area contributed by atoms with Crippen molar-refractivity contribution in [3.05, 3.63) is 47.5 Å². The number of carboxylic acid groups (broad SMARTS) is 1. The zero-order valence-electron chi connectivity index (χ0n) is 17.3. The van der Waals surface area contributed by atoms with E-state index in [1.54, 1.807) is 0 Å². The Morgan fingerprint density at radius 3 is 2.52 bits per heavy atom. The maximum atomic E-state index is 10.6. The third-order valence-electron chi connectivity index (χ3n) is 5.89. The van der Waals surface area contributed by atoms with E-state index in [0.717, 1.165) is 50.5 Å². The van der Waals surface area contributed by atoms with E-state index < -0.39 is 12.1 Å². The summed E-state index contributed by atoms with van der Waals surface area (Å²) >= 11 is 13.3. The summed E-state index contributed by atoms with van der Waals surface area (Å²) in [6.07, 6.45) is 11.2. The molecule has 2 rings (SSSR count). The summed E-state index contributed by atoms with van der Waals surface area (Å²) in [5.74, 6) is -0.302. The summed E-state index contributed by atoms with van der Waals surface area (Å²) in [6, 6.07) is 8.24. The van der Waals surface area contributed by atoms with Gasteiger partial charge in [0.1, 0.15) is 0 Å². The molecule has 0 aliphatic heterocycles. The van der Waals surface area contributed by atoms with Crippen LogP contribution in [0.4, 0.5) is 0 Å². The zero-order chi connectivity index (χ0) is 21.2. The summed E-state index contributed by atoms with van der Waals surface area (Å²) in [5.41, 5.74) is 2.15. The summed E-state index contributed by atoms with van der Waals surface area (Å²) in [5, 5.41) is 19.1. The zero-order valence-corrected chi connectivity index (χ0v) is 18.8. The van der Waals surface area contributed by atoms with E-state index in [0.29, 0.717) is 6.42 Å². The van der Waals surface area contributed by atoms with Gasteiger partial charge in [-0.2, -0.15) is 0 Å². The van der Waals surface area contributed by atoms with Crippen LogP contribution in [0.1, 0.15) is 87.9 Å². The molecular formula is C24H34Cl2O3. The predicted octanol–water partition coefficient (Wildman–Crippen LogP) is 6.82. The van der Waals surface area contributed by atoms with Gasteiger partial charge in [0.25, 0.3) is 0 Å². The highest BCUT2D eigenvalue weighted by atomic mass is 35.5. The van der Waals surface area contributed by atoms with Crippen molar-refractivity contribution in [3.8, 4) is 0 Å². The standard InChI is InChI=1S/C24H34Cl2O3/c1-2-3-6-10-22(27)17-12-14-18(15-13-17)24-19(20(25)16-21(24)26)9-7-4-5-8-11-23(28)29/h4,7,12-15,19-22,24,27H,2-3,5-6,8-11,16H2,1H3,(H,28,29)/b7-4-/t19-,20+,21+,22?,24+/m0/s1. The van der Waals surface area contributed by atoms with E-state index in [-0.39, 0.29) is 29.0 Å². The molecule has 0 saturated heterocycles. The smallest absolute Gasteiger partial charge is 0.303 e. The fourth-order valence-electron chi connectivity index (χ4n) is 4.22. The molecule has 1 fully saturated rings. The van der Waals surface area contributed by atoms with E-state index in [2.05, 4.69) is 31.2 Å². The molecule has 1 aliphatic rings. The van der Waals surface area contributed by atoms with Crippen molar-refractivity contribution in [3.63, 3.8) is 0 Å². The van der Waals surface area contributed by atoms with Gasteiger partial charge in [0, 0.05) is 23.1 Å². The topological polar surface area (TPSA) is 57.5 Å². The number of carboxylic acids is 1. The highest BCUT2D eigenvalue weighted by Gasteiger charge is 2.41. The van der Waals surface area contributed by atoms with Crippen molar-refractivity contribution in [1.29, 1.82) is 0 Å². The van der Waals surface area contributed by atoms with Crippen LogP contribution in [0.25, 0.3) is 0 Å². The SMILES string of the molecule is CCCCCC(O)c1ccc([C@@H]2[C@@H](C/C=C\CCCC(=O)O)[C@H](Cl)C[C@H]2Cl)cc1. The minimum Gasteiger partial charge on any atom is -0.481 e. The van der Waals surface area contributed by atoms with Crippen LogP contribution >= 0.6 is 23.2 Å². The van der Waals surface area contributed by atoms with Crippen molar-refractivity contribution in [2.75, 3.05) is 0 Å². The molecule has 1 aromatic rings. The van der Waals surface area contributed by atoms with Crippen molar-refractivity contribution in [1.82, 2.24) is 0 Å². The monoisotopic (exact) mass is 440 g/mol. The van der Waals surface area contributed by atoms with Gasteiger partial charge < -0.3 is 10.2 Å². The first-order valence-electron chi connectivity index (χ1n) is 10.9. The number of carbonyl (C=O) groups is 1. The Bertz CT molecular complexity index is 644. The minimum absolute atomic E-state index is 0.00300. The summed E-state index contributed by atoms with van der Waals surface area (Å²) in [4.78, 5) is 10.6. The van der Waals surface area contributed by atoms with Crippen LogP contribution in [0.5, 0.6) is 0 Å². The molecule has 0 spiro atoms. The molecule has 2 N–H and O–H groups in total. The average molecular weight is 441 g/mol. The molecule has 0 heterocycles. The van der Waals surface area contributed by atoms with Gasteiger partial charge in [-0.15, -0.1) is 23.2 Å². The maximum absolute atomic E-state index is 10.6. The second-order valence-corrected chi connectivity index (χ2v) is 9.25. The number of alkyl halides is 2. The van der Waals surface area contributed by atoms with Crippen molar-refractivity contribution >= 4 is 29.2 Å². The first-order valence-corrected chi connectivity index (χ1v) is 11.7. The molecule has 29 heavy (non-hydrogen) atoms. The lowest BCUT2D eigenvalue weighted by molar-refractivity contribution is -0.137. The molecule has 3 nitrogen and oxygen atoms in total. The lowest BCUT2D eigenvalue weighted by Crippen LogP contribution is -2.16. The Balaban J connectivity index is 1.96. The fourth-order valence-corrected chi connectivity index (χ4v) is 5.28. The normalized spacial score (nSPS) is 25.5. The number of aliphatic hydroxyl groups excluding tert-OH is 1. The summed E-state index contributed by atoms with van der Waals surface area (Å²) in [6.45, 7) is 2.16. The van der Waals surface area contributed by atoms with Crippen LogP contribution in [0, 0.1) is 5.92 Å². The second-order valence-electron chi connectivity index (χ2n) is 8.13. The van der Waals surface area contributed by atoms with Gasteiger partial charge in [-0.05, 0) is 49.1 Å². The van der Waals surface area contributed by atoms with E-state index in [1.165, 1.54) is 5.56 Å². The molecule has 1 saturated carbocycles. The Morgan fingerprint density at radius 1 is 1.14 bits per heavy atom. The lowest BCUT2D eigenvalue weighted by atomic mass is 9.85. The molecule has 162 valence electrons. The predicted molar refractivity (Wildman–Crippen MR) is 121 cm³/mol. The van der Waals surface area contributed by atoms with Crippen LogP contribution in [0.15, 0.2) is 36.4 Å². The number of aliphatic carboxylic acids is 1. The van der Waals surface area contributed by atoms with Crippen LogP contribution in [0.3, 0.4) is 0 Å². The van der Waals surface area contributed by atoms with Crippen molar-refractivity contribution < 1.29 is 15.0 Å². The first kappa shape index (κ1) is 24.2. The number of halogens is 2. The number of allylic oxidation sites excluding steroid dienone is 2. The van der Waals surface area contributed by atoms with Gasteiger partial charge in [0.05, 0.1) is 6.10 Å². The number of benzene rings is 1. The summed E-state index contributed by atoms with van der Waals surface area (Å²) < 4.78 is 0. The van der Waals surface area contributed by atoms with Crippen LogP contribution in [0.2, 0.25) is 0 Å². The fraction of sp³-hybridized carbons (Fsp3) is 0.625. The van der Waals surface area contributed by atoms with E-state index >= 15 is 0 Å². The number of hydrogen-bond acceptors (Lipinski definition) is 2. The Hall–Kier alpha value is -1.03. The maximum Gasteiger partial charge on any atom is 0.303 e. The largest absolute Gasteiger partial charge is 0.481 e. The third kappa shape index (κ3) is 7.62. The quantitative estimate of drug-likeness (QED) is 0.213. The van der Waals surface area contributed by atoms with E-state index in [9.17, 15) is 9.90 Å². The molecule has 0 radical (unpaired) electrons. The average Bonchev–Trinajstić information content (AvgIpc) is 2.97. The van der Waals surface area contributed by atoms with Gasteiger partial charge >= 0.3 is 5.97 Å². The third-order valence-corrected chi connectivity index (χ3v) is 6.84. The highest BCUT2D eigenvalue weighted by molar-refractivity contribution is 6.25. The molecule has 5 heteroatoms. The molecule has 0 aromatic heterocycles. The molecule has 1 aromatic carbocycles. The Kier molecular flexibility index (Phi) is 10.5. The molecule has 1 aliphatic carbocycles. The highest BCUT2D eigenvalue weighted by Crippen LogP contribution is 2.47. The lowest BCUT2D eigenvalue weighted by Gasteiger charge is -2.23. The van der Waals surface area contributed by atoms with Gasteiger partial charge in [0.2, 0.25) is 0 Å². The van der Waals surface area contributed by atoms with Crippen molar-refractivity contribution in [2.24, 2.45) is 5.92 Å². The molecule has 1 unspecified atom stereocenters. The number of hydrogen-bond donors (Lipinski definition) is 2. The van der Waals surface area contributed by atoms with Crippen molar-refractivity contribution in [2.45, 2.75) is 87.5 Å². The van der Waals surface area contributed by atoms with Gasteiger partial charge in [-0.25, -0.2) is 0 Å². The number of unbranched alkanes of at least 4 members (excludes halogenated alkanes) is 3. The van der Waals surface area contributed by atoms with Gasteiger partial charge in [-0.1, -0.05) is 62.6 Å². The molecular weight excluding hydrogens is 407 g/mol. The van der Waals surface area contributed by atoms with Crippen LogP contribution in [-0.4, -0.2) is 26.9 Å². The van der Waals surface area contributed by atoms with Gasteiger partial charge in [0.15, 0.2) is 0 Å². The molecule has 5 atom stereocenters.